The fraction of sp³-hybridized carbons (Fsp3) is 0.321. The third kappa shape index (κ3) is 5.01. The summed E-state index contributed by atoms with van der Waals surface area (Å²) in [6, 6.07) is 9.54. The number of nitrogens with two attached hydrogens (primary N) is 1. The first-order valence-corrected chi connectivity index (χ1v) is 11.8. The lowest BCUT2D eigenvalue weighted by Gasteiger charge is -2.36. The van der Waals surface area contributed by atoms with Crippen LogP contribution in [0.25, 0.3) is 11.2 Å². The monoisotopic (exact) mass is 499 g/mol. The molecular formula is C28H29N5O4. The van der Waals surface area contributed by atoms with Crippen molar-refractivity contribution in [1.82, 2.24) is 19.5 Å². The van der Waals surface area contributed by atoms with Gasteiger partial charge in [0.1, 0.15) is 12.1 Å². The summed E-state index contributed by atoms with van der Waals surface area (Å²) < 4.78 is 25.4. The number of aromatic nitrogens is 4. The maximum atomic E-state index is 6.44. The average Bonchev–Trinajstić information content (AvgIpc) is 3.28. The standard InChI is InChI=1S/C28H29N5O4/c1-27(2,29)9-8-18-10-21-26(31-13-18)33(17-32-21)15-19-11-22(34-4)25-23(12-19)36-16-28(3,37-25)20-6-7-24(35-5)30-14-20/h6-7,10-14,17H,15-16,29H2,1-5H3. The average molecular weight is 500 g/mol. The molecule has 0 aliphatic carbocycles. The van der Waals surface area contributed by atoms with Crippen molar-refractivity contribution in [3.05, 3.63) is 65.7 Å². The zero-order chi connectivity index (χ0) is 26.2. The van der Waals surface area contributed by atoms with Crippen LogP contribution < -0.4 is 24.7 Å². The molecule has 1 aliphatic heterocycles. The SMILES string of the molecule is COc1ccc(C2(C)COc3cc(Cn4cnc5cc(C#CC(C)(C)N)cnc54)cc(OC)c3O2)cn1. The first kappa shape index (κ1) is 24.4. The summed E-state index contributed by atoms with van der Waals surface area (Å²) in [6.45, 7) is 6.53. The zero-order valence-electron chi connectivity index (χ0n) is 21.5. The fourth-order valence-corrected chi connectivity index (χ4v) is 4.07. The number of hydrogen-bond acceptors (Lipinski definition) is 8. The van der Waals surface area contributed by atoms with Crippen molar-refractivity contribution in [2.75, 3.05) is 20.8 Å². The van der Waals surface area contributed by atoms with Gasteiger partial charge in [-0.2, -0.15) is 0 Å². The van der Waals surface area contributed by atoms with Crippen molar-refractivity contribution in [3.63, 3.8) is 0 Å². The van der Waals surface area contributed by atoms with Crippen LogP contribution in [0, 0.1) is 11.8 Å². The van der Waals surface area contributed by atoms with Gasteiger partial charge in [-0.15, -0.1) is 0 Å². The quantitative estimate of drug-likeness (QED) is 0.415. The Bertz CT molecular complexity index is 1490. The Morgan fingerprint density at radius 3 is 2.65 bits per heavy atom. The molecular weight excluding hydrogens is 470 g/mol. The molecule has 0 saturated carbocycles. The lowest BCUT2D eigenvalue weighted by Crippen LogP contribution is -2.39. The summed E-state index contributed by atoms with van der Waals surface area (Å²) in [7, 11) is 3.20. The van der Waals surface area contributed by atoms with Crippen LogP contribution in [0.5, 0.6) is 23.1 Å². The molecule has 1 atom stereocenters. The van der Waals surface area contributed by atoms with Crippen molar-refractivity contribution in [2.24, 2.45) is 5.73 Å². The fourth-order valence-electron chi connectivity index (χ4n) is 4.07. The van der Waals surface area contributed by atoms with Gasteiger partial charge in [-0.3, -0.25) is 0 Å². The van der Waals surface area contributed by atoms with E-state index >= 15 is 0 Å². The van der Waals surface area contributed by atoms with Crippen LogP contribution >= 0.6 is 0 Å². The van der Waals surface area contributed by atoms with Crippen molar-refractivity contribution >= 4 is 11.2 Å². The Hall–Kier alpha value is -4.29. The smallest absolute Gasteiger partial charge is 0.212 e. The Morgan fingerprint density at radius 1 is 1.11 bits per heavy atom. The second-order valence-corrected chi connectivity index (χ2v) is 9.75. The molecule has 9 heteroatoms. The highest BCUT2D eigenvalue weighted by atomic mass is 16.6. The molecule has 0 spiro atoms. The molecule has 1 aromatic carbocycles. The highest BCUT2D eigenvalue weighted by Gasteiger charge is 2.37. The third-order valence-corrected chi connectivity index (χ3v) is 6.02. The number of ether oxygens (including phenoxy) is 4. The highest BCUT2D eigenvalue weighted by Crippen LogP contribution is 2.46. The number of rotatable bonds is 5. The van der Waals surface area contributed by atoms with Gasteiger partial charge in [-0.05, 0) is 50.6 Å². The van der Waals surface area contributed by atoms with Gasteiger partial charge >= 0.3 is 0 Å². The van der Waals surface area contributed by atoms with E-state index < -0.39 is 11.1 Å². The van der Waals surface area contributed by atoms with Gasteiger partial charge in [0.25, 0.3) is 0 Å². The number of methoxy groups -OCH3 is 2. The van der Waals surface area contributed by atoms with Crippen LogP contribution in [0.4, 0.5) is 0 Å². The van der Waals surface area contributed by atoms with Gasteiger partial charge in [-0.1, -0.05) is 11.8 Å². The van der Waals surface area contributed by atoms with E-state index in [0.29, 0.717) is 36.3 Å². The molecule has 5 rings (SSSR count). The predicted molar refractivity (Wildman–Crippen MR) is 139 cm³/mol. The van der Waals surface area contributed by atoms with Crippen molar-refractivity contribution in [2.45, 2.75) is 38.5 Å². The second kappa shape index (κ2) is 9.30. The number of fused-ring (bicyclic) bond motifs is 2. The molecule has 0 fully saturated rings. The molecule has 0 bridgehead atoms. The first-order chi connectivity index (χ1) is 17.7. The van der Waals surface area contributed by atoms with Crippen LogP contribution in [-0.4, -0.2) is 45.9 Å². The van der Waals surface area contributed by atoms with E-state index in [1.165, 1.54) is 0 Å². The van der Waals surface area contributed by atoms with Crippen LogP contribution in [0.15, 0.2) is 49.1 Å². The van der Waals surface area contributed by atoms with Crippen LogP contribution in [0.1, 0.15) is 37.5 Å². The molecule has 0 saturated heterocycles. The normalized spacial score (nSPS) is 16.7. The Balaban J connectivity index is 1.41. The largest absolute Gasteiger partial charge is 0.493 e. The van der Waals surface area contributed by atoms with Gasteiger partial charge in [-0.25, -0.2) is 15.0 Å². The minimum absolute atomic E-state index is 0.319. The van der Waals surface area contributed by atoms with Crippen molar-refractivity contribution in [3.8, 4) is 35.0 Å². The summed E-state index contributed by atoms with van der Waals surface area (Å²) in [5, 5.41) is 0. The Morgan fingerprint density at radius 2 is 1.95 bits per heavy atom. The number of hydrogen-bond donors (Lipinski definition) is 1. The van der Waals surface area contributed by atoms with E-state index in [2.05, 4.69) is 26.8 Å². The third-order valence-electron chi connectivity index (χ3n) is 6.02. The molecule has 190 valence electrons. The van der Waals surface area contributed by atoms with Gasteiger partial charge in [0.15, 0.2) is 22.7 Å². The molecule has 1 unspecified atom stereocenters. The summed E-state index contributed by atoms with van der Waals surface area (Å²) in [5.41, 5.74) is 8.78. The van der Waals surface area contributed by atoms with Gasteiger partial charge < -0.3 is 29.2 Å². The van der Waals surface area contributed by atoms with E-state index in [1.54, 1.807) is 39.0 Å². The van der Waals surface area contributed by atoms with E-state index in [1.807, 2.05) is 49.6 Å². The van der Waals surface area contributed by atoms with Gasteiger partial charge in [0, 0.05) is 29.6 Å². The van der Waals surface area contributed by atoms with Gasteiger partial charge in [0.2, 0.25) is 11.6 Å². The summed E-state index contributed by atoms with van der Waals surface area (Å²) in [5.74, 6) is 8.37. The van der Waals surface area contributed by atoms with Gasteiger partial charge in [0.05, 0.1) is 32.6 Å². The maximum absolute atomic E-state index is 6.44. The molecule has 4 aromatic rings. The topological polar surface area (TPSA) is 107 Å². The molecule has 4 heterocycles. The number of imidazole rings is 1. The van der Waals surface area contributed by atoms with E-state index in [0.717, 1.165) is 27.9 Å². The minimum Gasteiger partial charge on any atom is -0.493 e. The predicted octanol–water partition coefficient (Wildman–Crippen LogP) is 3.67. The number of benzene rings is 1. The molecule has 3 aromatic heterocycles. The minimum atomic E-state index is -0.731. The Kier molecular flexibility index (Phi) is 6.13. The number of pyridine rings is 2. The van der Waals surface area contributed by atoms with Crippen LogP contribution in [0.3, 0.4) is 0 Å². The molecule has 2 N–H and O–H groups in total. The van der Waals surface area contributed by atoms with Crippen LogP contribution in [-0.2, 0) is 12.1 Å². The lowest BCUT2D eigenvalue weighted by molar-refractivity contribution is -0.000444. The maximum Gasteiger partial charge on any atom is 0.212 e. The lowest BCUT2D eigenvalue weighted by atomic mass is 9.97. The zero-order valence-corrected chi connectivity index (χ0v) is 21.5. The number of nitrogens with zero attached hydrogens (tertiary/aromatic N) is 4. The molecule has 0 radical (unpaired) electrons. The molecule has 1 aliphatic rings. The second-order valence-electron chi connectivity index (χ2n) is 9.75. The van der Waals surface area contributed by atoms with E-state index in [-0.39, 0.29) is 0 Å². The Labute approximate surface area is 215 Å². The summed E-state index contributed by atoms with van der Waals surface area (Å²) >= 11 is 0. The summed E-state index contributed by atoms with van der Waals surface area (Å²) in [6.07, 6.45) is 5.23. The molecule has 37 heavy (non-hydrogen) atoms. The molecule has 9 nitrogen and oxygen atoms in total. The van der Waals surface area contributed by atoms with E-state index in [9.17, 15) is 0 Å². The highest BCUT2D eigenvalue weighted by molar-refractivity contribution is 5.72. The summed E-state index contributed by atoms with van der Waals surface area (Å²) in [4.78, 5) is 13.4. The first-order valence-electron chi connectivity index (χ1n) is 11.8. The van der Waals surface area contributed by atoms with Crippen molar-refractivity contribution in [1.29, 1.82) is 0 Å². The van der Waals surface area contributed by atoms with Crippen LogP contribution in [0.2, 0.25) is 0 Å². The van der Waals surface area contributed by atoms with E-state index in [4.69, 9.17) is 24.7 Å². The van der Waals surface area contributed by atoms with Crippen molar-refractivity contribution < 1.29 is 18.9 Å². The molecule has 0 amide bonds.